The van der Waals surface area contributed by atoms with Crippen molar-refractivity contribution in [1.29, 1.82) is 0 Å². The van der Waals surface area contributed by atoms with E-state index in [0.29, 0.717) is 6.07 Å². The van der Waals surface area contributed by atoms with E-state index < -0.39 is 59.2 Å². The zero-order chi connectivity index (χ0) is 28.1. The fraction of sp³-hybridized carbons (Fsp3) is 0.261. The van der Waals surface area contributed by atoms with Crippen LogP contribution in [0.2, 0.25) is 0 Å². The van der Waals surface area contributed by atoms with E-state index in [1.807, 2.05) is 0 Å². The van der Waals surface area contributed by atoms with Gasteiger partial charge in [-0.2, -0.15) is 18.2 Å². The fourth-order valence-electron chi connectivity index (χ4n) is 3.97. The largest absolute Gasteiger partial charge is 0.422 e. The zero-order valence-corrected chi connectivity index (χ0v) is 20.7. The number of hydrogen-bond donors (Lipinski definition) is 1. The molecule has 0 atom stereocenters. The monoisotopic (exact) mass is 555 g/mol. The van der Waals surface area contributed by atoms with E-state index in [2.05, 4.69) is 10.7 Å². The lowest BCUT2D eigenvalue weighted by Gasteiger charge is -2.19. The number of aliphatic hydroxyl groups excluding tert-OH is 1. The Hall–Kier alpha value is -4.07. The molecule has 4 rings (SSSR count). The number of rotatable bonds is 4. The van der Waals surface area contributed by atoms with Gasteiger partial charge in [0.05, 0.1) is 17.3 Å². The molecule has 0 radical (unpaired) electrons. The average Bonchev–Trinajstić information content (AvgIpc) is 3.23. The number of hydrogen-bond acceptors (Lipinski definition) is 6. The summed E-state index contributed by atoms with van der Waals surface area (Å²) in [6.07, 6.45) is -4.31. The Morgan fingerprint density at radius 2 is 1.82 bits per heavy atom. The van der Waals surface area contributed by atoms with E-state index in [4.69, 9.17) is 0 Å². The van der Waals surface area contributed by atoms with Gasteiger partial charge in [0.25, 0.3) is 11.5 Å². The van der Waals surface area contributed by atoms with Crippen molar-refractivity contribution in [3.05, 3.63) is 77.1 Å². The van der Waals surface area contributed by atoms with Gasteiger partial charge in [0.15, 0.2) is 4.80 Å². The highest BCUT2D eigenvalue weighted by Gasteiger charge is 2.39. The lowest BCUT2D eigenvalue weighted by Crippen LogP contribution is -2.59. The van der Waals surface area contributed by atoms with Crippen molar-refractivity contribution in [2.75, 3.05) is 7.05 Å². The van der Waals surface area contributed by atoms with Crippen LogP contribution in [0.15, 0.2) is 38.3 Å². The topological polar surface area (TPSA) is 102 Å². The van der Waals surface area contributed by atoms with Crippen LogP contribution >= 0.6 is 11.3 Å². The Balaban J connectivity index is 1.83. The summed E-state index contributed by atoms with van der Waals surface area (Å²) in [7, 11) is 4.27. The first-order chi connectivity index (χ1) is 17.8. The number of carbonyl (C=O) groups excluding carboxylic acids is 1. The molecule has 9 nitrogen and oxygen atoms in total. The Morgan fingerprint density at radius 3 is 2.45 bits per heavy atom. The van der Waals surface area contributed by atoms with Crippen LogP contribution in [0, 0.1) is 11.6 Å². The molecule has 2 aromatic heterocycles. The van der Waals surface area contributed by atoms with Crippen LogP contribution in [0.25, 0.3) is 22.7 Å². The van der Waals surface area contributed by atoms with Gasteiger partial charge in [0.1, 0.15) is 29.3 Å². The molecule has 0 bridgehead atoms. The summed E-state index contributed by atoms with van der Waals surface area (Å²) in [4.78, 5) is 43.1. The molecule has 38 heavy (non-hydrogen) atoms. The number of aromatic nitrogens is 3. The Labute approximate surface area is 213 Å². The van der Waals surface area contributed by atoms with Crippen molar-refractivity contribution in [3.8, 4) is 11.3 Å². The number of nitrogens with zero attached hydrogens (tertiary/aromatic N) is 5. The van der Waals surface area contributed by atoms with Crippen molar-refractivity contribution in [2.45, 2.75) is 19.3 Å². The van der Waals surface area contributed by atoms with Crippen molar-refractivity contribution >= 4 is 28.7 Å². The van der Waals surface area contributed by atoms with E-state index in [9.17, 15) is 41.4 Å². The van der Waals surface area contributed by atoms with Crippen LogP contribution in [0.3, 0.4) is 0 Å². The number of aliphatic hydroxyl groups is 1. The second kappa shape index (κ2) is 9.67. The second-order valence-electron chi connectivity index (χ2n) is 8.20. The number of halogens is 5. The highest BCUT2D eigenvalue weighted by Crippen LogP contribution is 2.37. The minimum atomic E-state index is -5.31. The molecular weight excluding hydrogens is 537 g/mol. The lowest BCUT2D eigenvalue weighted by atomic mass is 10.1. The van der Waals surface area contributed by atoms with Crippen LogP contribution in [0.4, 0.5) is 22.0 Å². The smallest absolute Gasteiger partial charge is 0.376 e. The van der Waals surface area contributed by atoms with Crippen LogP contribution in [-0.4, -0.2) is 36.7 Å². The van der Waals surface area contributed by atoms with Crippen LogP contribution in [0.1, 0.15) is 12.0 Å². The number of thiazole rings is 1. The third kappa shape index (κ3) is 4.44. The van der Waals surface area contributed by atoms with Gasteiger partial charge in [-0.25, -0.2) is 13.6 Å². The molecule has 3 aromatic rings. The molecule has 0 unspecified atom stereocenters. The zero-order valence-electron chi connectivity index (χ0n) is 19.9. The molecular formula is C23H18F5N5O4S. The van der Waals surface area contributed by atoms with Crippen LogP contribution < -0.4 is 26.6 Å². The molecule has 1 amide bonds. The minimum Gasteiger partial charge on any atom is -0.376 e. The van der Waals surface area contributed by atoms with Gasteiger partial charge < -0.3 is 10.0 Å². The highest BCUT2D eigenvalue weighted by atomic mass is 32.1. The van der Waals surface area contributed by atoms with Gasteiger partial charge in [0, 0.05) is 44.0 Å². The maximum absolute atomic E-state index is 14.7. The number of alkyl halides is 3. The molecule has 0 saturated heterocycles. The Morgan fingerprint density at radius 1 is 1.13 bits per heavy atom. The molecule has 0 spiro atoms. The number of benzene rings is 1. The summed E-state index contributed by atoms with van der Waals surface area (Å²) >= 11 is 0.728. The van der Waals surface area contributed by atoms with Gasteiger partial charge in [-0.1, -0.05) is 5.73 Å². The maximum Gasteiger partial charge on any atom is 0.422 e. The number of carbonyl (C=O) groups is 1. The molecule has 0 saturated carbocycles. The van der Waals surface area contributed by atoms with Crippen LogP contribution in [-0.2, 0) is 31.8 Å². The Kier molecular flexibility index (Phi) is 6.86. The van der Waals surface area contributed by atoms with Crippen LogP contribution in [0.5, 0.6) is 0 Å². The molecule has 15 heteroatoms. The van der Waals surface area contributed by atoms with Crippen molar-refractivity contribution in [2.24, 2.45) is 19.1 Å². The molecule has 200 valence electrons. The van der Waals surface area contributed by atoms with Gasteiger partial charge in [-0.05, 0) is 12.1 Å². The fourth-order valence-corrected chi connectivity index (χ4v) is 4.88. The number of amides is 1. The maximum atomic E-state index is 14.7. The molecule has 0 aliphatic carbocycles. The molecule has 1 aromatic carbocycles. The van der Waals surface area contributed by atoms with Gasteiger partial charge in [0.2, 0.25) is 0 Å². The molecule has 1 aliphatic heterocycles. The summed E-state index contributed by atoms with van der Waals surface area (Å²) in [5, 5.41) is 11.2. The SMILES string of the molecule is CN1C=C=c2c(c(=O)n(C)c(=O)n2C)=C1CC(=O)N=c1scc(-c2ccc(F)c(C(F)(F)F)c2F)n1CO. The van der Waals surface area contributed by atoms with Gasteiger partial charge in [-0.3, -0.25) is 23.3 Å². The molecule has 3 heterocycles. The average molecular weight is 555 g/mol. The van der Waals surface area contributed by atoms with Gasteiger partial charge >= 0.3 is 11.9 Å². The normalized spacial score (nSPS) is 13.7. The Bertz CT molecular complexity index is 1840. The van der Waals surface area contributed by atoms with Crippen molar-refractivity contribution in [3.63, 3.8) is 0 Å². The summed E-state index contributed by atoms with van der Waals surface area (Å²) in [6.45, 7) is -0.886. The number of fused-ring (bicyclic) bond motifs is 1. The standard InChI is InChI=1S/C23H18F5N5O4S/c1-30-7-6-13-17(20(36)32(3)22(37)31(13)2)14(30)8-16(35)29-21-33(10-34)15(9-38-21)11-4-5-12(24)18(19(11)25)23(26,27)28/h4-5,7,9,34H,8,10H2,1-3H3. The molecule has 1 aliphatic rings. The highest BCUT2D eigenvalue weighted by molar-refractivity contribution is 7.07. The van der Waals surface area contributed by atoms with E-state index in [1.54, 1.807) is 7.05 Å². The first-order valence-corrected chi connectivity index (χ1v) is 11.6. The first kappa shape index (κ1) is 27.0. The predicted molar refractivity (Wildman–Crippen MR) is 125 cm³/mol. The molecule has 1 N–H and O–H groups in total. The van der Waals surface area contributed by atoms with Crippen molar-refractivity contribution in [1.82, 2.24) is 18.6 Å². The molecule has 0 fully saturated rings. The van der Waals surface area contributed by atoms with Crippen molar-refractivity contribution < 1.29 is 31.9 Å². The van der Waals surface area contributed by atoms with E-state index >= 15 is 0 Å². The summed E-state index contributed by atoms with van der Waals surface area (Å²) in [6, 6.07) is 1.24. The van der Waals surface area contributed by atoms with E-state index in [-0.39, 0.29) is 26.8 Å². The van der Waals surface area contributed by atoms with Gasteiger partial charge in [-0.15, -0.1) is 11.3 Å². The quantitative estimate of drug-likeness (QED) is 0.468. The second-order valence-corrected chi connectivity index (χ2v) is 9.03. The minimum absolute atomic E-state index is 0.0538. The third-order valence-electron chi connectivity index (χ3n) is 5.90. The third-order valence-corrected chi connectivity index (χ3v) is 6.77. The predicted octanol–water partition coefficient (Wildman–Crippen LogP) is 0.325. The van der Waals surface area contributed by atoms with E-state index in [0.717, 1.165) is 31.9 Å². The summed E-state index contributed by atoms with van der Waals surface area (Å²) in [5.41, 5.74) is -1.23. The first-order valence-electron chi connectivity index (χ1n) is 10.7. The van der Waals surface area contributed by atoms with E-state index in [1.165, 1.54) is 29.8 Å². The summed E-state index contributed by atoms with van der Waals surface area (Å²) in [5.74, 6) is -4.49. The summed E-state index contributed by atoms with van der Waals surface area (Å²) < 4.78 is 70.9. The lowest BCUT2D eigenvalue weighted by molar-refractivity contribution is -0.142.